The SMILES string of the molecule is C=COC(=O)c1ccc(C(=O)OC)cc1C. The minimum atomic E-state index is -0.496. The lowest BCUT2D eigenvalue weighted by Crippen LogP contribution is -2.06. The molecule has 1 aromatic carbocycles. The molecule has 0 fully saturated rings. The van der Waals surface area contributed by atoms with E-state index in [0.717, 1.165) is 6.26 Å². The van der Waals surface area contributed by atoms with E-state index in [0.29, 0.717) is 16.7 Å². The van der Waals surface area contributed by atoms with Gasteiger partial charge in [-0.3, -0.25) is 0 Å². The Morgan fingerprint density at radius 2 is 2.00 bits per heavy atom. The summed E-state index contributed by atoms with van der Waals surface area (Å²) in [7, 11) is 1.30. The minimum absolute atomic E-state index is 0.396. The molecule has 0 aromatic heterocycles. The Morgan fingerprint density at radius 3 is 2.50 bits per heavy atom. The highest BCUT2D eigenvalue weighted by molar-refractivity contribution is 5.94. The van der Waals surface area contributed by atoms with Crippen molar-refractivity contribution in [3.63, 3.8) is 0 Å². The molecule has 0 aliphatic rings. The minimum Gasteiger partial charge on any atom is -0.465 e. The van der Waals surface area contributed by atoms with Crippen molar-refractivity contribution >= 4 is 11.9 Å². The third-order valence-corrected chi connectivity index (χ3v) is 2.06. The van der Waals surface area contributed by atoms with Crippen LogP contribution in [0.3, 0.4) is 0 Å². The van der Waals surface area contributed by atoms with Crippen LogP contribution in [0.4, 0.5) is 0 Å². The quantitative estimate of drug-likeness (QED) is 0.578. The van der Waals surface area contributed by atoms with Crippen LogP contribution >= 0.6 is 0 Å². The molecule has 4 heteroatoms. The van der Waals surface area contributed by atoms with E-state index in [2.05, 4.69) is 16.1 Å². The van der Waals surface area contributed by atoms with E-state index in [9.17, 15) is 9.59 Å². The van der Waals surface area contributed by atoms with Crippen molar-refractivity contribution in [2.45, 2.75) is 6.92 Å². The van der Waals surface area contributed by atoms with Gasteiger partial charge >= 0.3 is 11.9 Å². The Kier molecular flexibility index (Phi) is 3.83. The molecule has 84 valence electrons. The normalized spacial score (nSPS) is 9.38. The highest BCUT2D eigenvalue weighted by Crippen LogP contribution is 2.13. The van der Waals surface area contributed by atoms with Crippen molar-refractivity contribution < 1.29 is 19.1 Å². The van der Waals surface area contributed by atoms with Crippen LogP contribution in [-0.4, -0.2) is 19.0 Å². The summed E-state index contributed by atoms with van der Waals surface area (Å²) in [4.78, 5) is 22.6. The number of aryl methyl sites for hydroxylation is 1. The third kappa shape index (κ3) is 2.48. The number of carbonyl (C=O) groups excluding carboxylic acids is 2. The molecule has 1 rings (SSSR count). The smallest absolute Gasteiger partial charge is 0.343 e. The van der Waals surface area contributed by atoms with Gasteiger partial charge in [0.15, 0.2) is 0 Å². The largest absolute Gasteiger partial charge is 0.465 e. The Bertz CT molecular complexity index is 435. The fourth-order valence-electron chi connectivity index (χ4n) is 1.28. The second kappa shape index (κ2) is 5.11. The van der Waals surface area contributed by atoms with Gasteiger partial charge in [0, 0.05) is 0 Å². The lowest BCUT2D eigenvalue weighted by Gasteiger charge is -2.05. The summed E-state index contributed by atoms with van der Waals surface area (Å²) in [5.41, 5.74) is 1.44. The van der Waals surface area contributed by atoms with Gasteiger partial charge in [0.25, 0.3) is 0 Å². The van der Waals surface area contributed by atoms with Crippen LogP contribution in [0, 0.1) is 6.92 Å². The molecular weight excluding hydrogens is 208 g/mol. The van der Waals surface area contributed by atoms with Gasteiger partial charge in [0.05, 0.1) is 24.5 Å². The van der Waals surface area contributed by atoms with Crippen LogP contribution in [0.15, 0.2) is 31.0 Å². The first-order chi connectivity index (χ1) is 7.60. The Labute approximate surface area is 93.5 Å². The van der Waals surface area contributed by atoms with Crippen molar-refractivity contribution in [3.8, 4) is 0 Å². The molecular formula is C12H12O4. The summed E-state index contributed by atoms with van der Waals surface area (Å²) in [6.45, 7) is 5.01. The van der Waals surface area contributed by atoms with Gasteiger partial charge in [-0.2, -0.15) is 0 Å². The van der Waals surface area contributed by atoms with Gasteiger partial charge in [0.2, 0.25) is 0 Å². The summed E-state index contributed by atoms with van der Waals surface area (Å²) >= 11 is 0. The lowest BCUT2D eigenvalue weighted by atomic mass is 10.1. The number of carbonyl (C=O) groups is 2. The average molecular weight is 220 g/mol. The van der Waals surface area contributed by atoms with Crippen molar-refractivity contribution in [2.24, 2.45) is 0 Å². The van der Waals surface area contributed by atoms with Crippen molar-refractivity contribution in [1.82, 2.24) is 0 Å². The van der Waals surface area contributed by atoms with E-state index in [1.807, 2.05) is 0 Å². The molecule has 0 radical (unpaired) electrons. The fraction of sp³-hybridized carbons (Fsp3) is 0.167. The Hall–Kier alpha value is -2.10. The van der Waals surface area contributed by atoms with Gasteiger partial charge in [0.1, 0.15) is 0 Å². The third-order valence-electron chi connectivity index (χ3n) is 2.06. The number of hydrogen-bond donors (Lipinski definition) is 0. The van der Waals surface area contributed by atoms with E-state index < -0.39 is 11.9 Å². The summed E-state index contributed by atoms with van der Waals surface area (Å²) < 4.78 is 9.21. The molecule has 0 unspecified atom stereocenters. The topological polar surface area (TPSA) is 52.6 Å². The molecule has 4 nitrogen and oxygen atoms in total. The van der Waals surface area contributed by atoms with Crippen LogP contribution < -0.4 is 0 Å². The fourth-order valence-corrected chi connectivity index (χ4v) is 1.28. The average Bonchev–Trinajstić information content (AvgIpc) is 2.28. The monoisotopic (exact) mass is 220 g/mol. The molecule has 0 saturated carbocycles. The predicted molar refractivity (Wildman–Crippen MR) is 58.1 cm³/mol. The lowest BCUT2D eigenvalue weighted by molar-refractivity contribution is 0.0597. The zero-order valence-corrected chi connectivity index (χ0v) is 9.15. The molecule has 0 aliphatic carbocycles. The number of esters is 2. The predicted octanol–water partition coefficient (Wildman–Crippen LogP) is 2.08. The summed E-state index contributed by atoms with van der Waals surface area (Å²) in [6, 6.07) is 4.61. The number of rotatable bonds is 3. The van der Waals surface area contributed by atoms with Gasteiger partial charge in [-0.05, 0) is 30.7 Å². The maximum absolute atomic E-state index is 11.4. The maximum Gasteiger partial charge on any atom is 0.343 e. The standard InChI is InChI=1S/C12H12O4/c1-4-16-12(14)10-6-5-9(7-8(10)2)11(13)15-3/h4-7H,1H2,2-3H3. The van der Waals surface area contributed by atoms with Gasteiger partial charge in [-0.25, -0.2) is 9.59 Å². The number of benzene rings is 1. The van der Waals surface area contributed by atoms with E-state index in [1.54, 1.807) is 13.0 Å². The van der Waals surface area contributed by atoms with Crippen molar-refractivity contribution in [2.75, 3.05) is 7.11 Å². The maximum atomic E-state index is 11.4. The molecule has 0 aliphatic heterocycles. The van der Waals surface area contributed by atoms with Crippen LogP contribution in [0.5, 0.6) is 0 Å². The highest BCUT2D eigenvalue weighted by Gasteiger charge is 2.12. The summed E-state index contributed by atoms with van der Waals surface area (Å²) in [5.74, 6) is -0.935. The first kappa shape index (κ1) is 12.0. The second-order valence-corrected chi connectivity index (χ2v) is 3.09. The van der Waals surface area contributed by atoms with Crippen LogP contribution in [0.2, 0.25) is 0 Å². The van der Waals surface area contributed by atoms with Crippen molar-refractivity contribution in [3.05, 3.63) is 47.7 Å². The Morgan fingerprint density at radius 1 is 1.31 bits per heavy atom. The van der Waals surface area contributed by atoms with Gasteiger partial charge in [-0.1, -0.05) is 6.58 Å². The van der Waals surface area contributed by atoms with Gasteiger partial charge in [-0.15, -0.1) is 0 Å². The zero-order valence-electron chi connectivity index (χ0n) is 9.15. The summed E-state index contributed by atoms with van der Waals surface area (Å²) in [6.07, 6.45) is 1.07. The van der Waals surface area contributed by atoms with Gasteiger partial charge < -0.3 is 9.47 Å². The van der Waals surface area contributed by atoms with Crippen LogP contribution in [-0.2, 0) is 9.47 Å². The molecule has 0 N–H and O–H groups in total. The van der Waals surface area contributed by atoms with E-state index in [-0.39, 0.29) is 0 Å². The van der Waals surface area contributed by atoms with E-state index in [4.69, 9.17) is 0 Å². The summed E-state index contributed by atoms with van der Waals surface area (Å²) in [5, 5.41) is 0. The molecule has 0 heterocycles. The molecule has 16 heavy (non-hydrogen) atoms. The number of methoxy groups -OCH3 is 1. The molecule has 0 atom stereocenters. The Balaban J connectivity index is 3.04. The molecule has 0 spiro atoms. The molecule has 0 saturated heterocycles. The number of ether oxygens (including phenoxy) is 2. The highest BCUT2D eigenvalue weighted by atomic mass is 16.5. The molecule has 0 amide bonds. The first-order valence-corrected chi connectivity index (χ1v) is 4.61. The first-order valence-electron chi connectivity index (χ1n) is 4.61. The van der Waals surface area contributed by atoms with E-state index >= 15 is 0 Å². The van der Waals surface area contributed by atoms with Crippen LogP contribution in [0.25, 0.3) is 0 Å². The van der Waals surface area contributed by atoms with Crippen LogP contribution in [0.1, 0.15) is 26.3 Å². The van der Waals surface area contributed by atoms with E-state index in [1.165, 1.54) is 19.2 Å². The zero-order chi connectivity index (χ0) is 12.1. The number of hydrogen-bond acceptors (Lipinski definition) is 4. The van der Waals surface area contributed by atoms with Crippen molar-refractivity contribution in [1.29, 1.82) is 0 Å². The molecule has 1 aromatic rings. The molecule has 0 bridgehead atoms. The second-order valence-electron chi connectivity index (χ2n) is 3.09.